The van der Waals surface area contributed by atoms with E-state index in [4.69, 9.17) is 14.2 Å². The van der Waals surface area contributed by atoms with E-state index in [1.807, 2.05) is 25.1 Å². The van der Waals surface area contributed by atoms with Gasteiger partial charge in [0.1, 0.15) is 5.75 Å². The second-order valence-electron chi connectivity index (χ2n) is 3.97. The lowest BCUT2D eigenvalue weighted by Crippen LogP contribution is -2.07. The van der Waals surface area contributed by atoms with Crippen LogP contribution < -0.4 is 4.74 Å². The molecule has 0 aliphatic heterocycles. The Morgan fingerprint density at radius 3 is 2.78 bits per heavy atom. The largest absolute Gasteiger partial charge is 0.467 e. The first kappa shape index (κ1) is 14.5. The molecule has 0 bridgehead atoms. The lowest BCUT2D eigenvalue weighted by molar-refractivity contribution is -0.143. The smallest absolute Gasteiger partial charge is 0.306 e. The molecular formula is C14H20O4. The highest BCUT2D eigenvalue weighted by molar-refractivity contribution is 5.69. The number of esters is 1. The van der Waals surface area contributed by atoms with Crippen LogP contribution in [0, 0.1) is 6.92 Å². The average Bonchev–Trinajstić information content (AvgIpc) is 2.35. The number of hydrogen-bond donors (Lipinski definition) is 0. The number of ether oxygens (including phenoxy) is 3. The van der Waals surface area contributed by atoms with Crippen LogP contribution in [0.25, 0.3) is 0 Å². The standard InChI is InChI=1S/C14H20O4/c1-4-17-14(15)8-6-12-9-11(2)5-7-13(12)18-10-16-3/h5,7,9H,4,6,8,10H2,1-3H3. The van der Waals surface area contributed by atoms with E-state index >= 15 is 0 Å². The van der Waals surface area contributed by atoms with Crippen LogP contribution in [0.4, 0.5) is 0 Å². The van der Waals surface area contributed by atoms with Gasteiger partial charge in [-0.15, -0.1) is 0 Å². The van der Waals surface area contributed by atoms with Crippen molar-refractivity contribution in [2.75, 3.05) is 20.5 Å². The third kappa shape index (κ3) is 4.75. The molecule has 0 saturated heterocycles. The molecule has 0 atom stereocenters. The highest BCUT2D eigenvalue weighted by Gasteiger charge is 2.08. The molecule has 0 spiro atoms. The Balaban J connectivity index is 2.66. The summed E-state index contributed by atoms with van der Waals surface area (Å²) in [4.78, 5) is 11.3. The quantitative estimate of drug-likeness (QED) is 0.552. The number of rotatable bonds is 7. The van der Waals surface area contributed by atoms with Crippen LogP contribution in [0.2, 0.25) is 0 Å². The summed E-state index contributed by atoms with van der Waals surface area (Å²) < 4.78 is 15.3. The van der Waals surface area contributed by atoms with Crippen molar-refractivity contribution in [1.29, 1.82) is 0 Å². The van der Waals surface area contributed by atoms with Gasteiger partial charge in [0.25, 0.3) is 0 Å². The van der Waals surface area contributed by atoms with E-state index in [9.17, 15) is 4.79 Å². The van der Waals surface area contributed by atoms with Crippen LogP contribution >= 0.6 is 0 Å². The number of benzene rings is 1. The number of hydrogen-bond acceptors (Lipinski definition) is 4. The third-order valence-corrected chi connectivity index (χ3v) is 2.45. The normalized spacial score (nSPS) is 10.2. The van der Waals surface area contributed by atoms with Crippen LogP contribution in [0.15, 0.2) is 18.2 Å². The van der Waals surface area contributed by atoms with Crippen molar-refractivity contribution in [3.63, 3.8) is 0 Å². The summed E-state index contributed by atoms with van der Waals surface area (Å²) in [5.74, 6) is 0.573. The van der Waals surface area contributed by atoms with Gasteiger partial charge in [0.05, 0.1) is 6.61 Å². The van der Waals surface area contributed by atoms with Crippen molar-refractivity contribution in [3.8, 4) is 5.75 Å². The van der Waals surface area contributed by atoms with Crippen LogP contribution in [-0.4, -0.2) is 26.5 Å². The van der Waals surface area contributed by atoms with Gasteiger partial charge in [-0.3, -0.25) is 4.79 Å². The van der Waals surface area contributed by atoms with E-state index in [1.54, 1.807) is 14.0 Å². The molecule has 0 aliphatic rings. The molecule has 4 heteroatoms. The van der Waals surface area contributed by atoms with Crippen molar-refractivity contribution in [1.82, 2.24) is 0 Å². The fraction of sp³-hybridized carbons (Fsp3) is 0.500. The first-order valence-electron chi connectivity index (χ1n) is 6.04. The van der Waals surface area contributed by atoms with Crippen molar-refractivity contribution >= 4 is 5.97 Å². The minimum absolute atomic E-state index is 0.184. The van der Waals surface area contributed by atoms with Gasteiger partial charge in [-0.1, -0.05) is 17.7 Å². The molecule has 0 N–H and O–H groups in total. The summed E-state index contributed by atoms with van der Waals surface area (Å²) in [6.45, 7) is 4.43. The maximum atomic E-state index is 11.3. The Labute approximate surface area is 108 Å². The second kappa shape index (κ2) is 7.71. The maximum absolute atomic E-state index is 11.3. The van der Waals surface area contributed by atoms with Gasteiger partial charge in [0.2, 0.25) is 0 Å². The fourth-order valence-corrected chi connectivity index (χ4v) is 1.64. The molecule has 4 nitrogen and oxygen atoms in total. The van der Waals surface area contributed by atoms with Gasteiger partial charge in [0.15, 0.2) is 6.79 Å². The molecular weight excluding hydrogens is 232 g/mol. The first-order chi connectivity index (χ1) is 8.67. The molecule has 18 heavy (non-hydrogen) atoms. The van der Waals surface area contributed by atoms with E-state index in [0.717, 1.165) is 16.9 Å². The molecule has 0 radical (unpaired) electrons. The summed E-state index contributed by atoms with van der Waals surface area (Å²) in [5.41, 5.74) is 2.14. The number of methoxy groups -OCH3 is 1. The minimum Gasteiger partial charge on any atom is -0.467 e. The summed E-state index contributed by atoms with van der Waals surface area (Å²) in [7, 11) is 1.58. The Kier molecular flexibility index (Phi) is 6.22. The van der Waals surface area contributed by atoms with Crippen molar-refractivity contribution in [3.05, 3.63) is 29.3 Å². The van der Waals surface area contributed by atoms with Crippen molar-refractivity contribution in [2.24, 2.45) is 0 Å². The molecule has 0 fully saturated rings. The average molecular weight is 252 g/mol. The summed E-state index contributed by atoms with van der Waals surface area (Å²) in [6.07, 6.45) is 0.972. The molecule has 1 rings (SSSR count). The topological polar surface area (TPSA) is 44.8 Å². The van der Waals surface area contributed by atoms with Crippen LogP contribution in [0.1, 0.15) is 24.5 Å². The molecule has 1 aromatic carbocycles. The van der Waals surface area contributed by atoms with Gasteiger partial charge in [-0.05, 0) is 31.9 Å². The van der Waals surface area contributed by atoms with E-state index in [2.05, 4.69) is 0 Å². The monoisotopic (exact) mass is 252 g/mol. The SMILES string of the molecule is CCOC(=O)CCc1cc(C)ccc1OCOC. The van der Waals surface area contributed by atoms with Gasteiger partial charge in [0, 0.05) is 13.5 Å². The lowest BCUT2D eigenvalue weighted by atomic mass is 10.1. The Morgan fingerprint density at radius 2 is 2.11 bits per heavy atom. The summed E-state index contributed by atoms with van der Waals surface area (Å²) >= 11 is 0. The zero-order valence-electron chi connectivity index (χ0n) is 11.2. The van der Waals surface area contributed by atoms with E-state index in [1.165, 1.54) is 0 Å². The lowest BCUT2D eigenvalue weighted by Gasteiger charge is -2.11. The Morgan fingerprint density at radius 1 is 1.33 bits per heavy atom. The predicted molar refractivity (Wildman–Crippen MR) is 68.6 cm³/mol. The molecule has 0 saturated carbocycles. The Bertz CT molecular complexity index is 387. The molecule has 0 aromatic heterocycles. The second-order valence-corrected chi connectivity index (χ2v) is 3.97. The number of aryl methyl sites for hydroxylation is 2. The van der Waals surface area contributed by atoms with E-state index in [-0.39, 0.29) is 12.8 Å². The highest BCUT2D eigenvalue weighted by atomic mass is 16.7. The summed E-state index contributed by atoms with van der Waals surface area (Å²) in [5, 5.41) is 0. The predicted octanol–water partition coefficient (Wildman–Crippen LogP) is 2.47. The fourth-order valence-electron chi connectivity index (χ4n) is 1.64. The van der Waals surface area contributed by atoms with Crippen LogP contribution in [0.5, 0.6) is 5.75 Å². The van der Waals surface area contributed by atoms with Gasteiger partial charge in [-0.25, -0.2) is 0 Å². The minimum atomic E-state index is -0.184. The van der Waals surface area contributed by atoms with Gasteiger partial charge >= 0.3 is 5.97 Å². The number of carbonyl (C=O) groups excluding carboxylic acids is 1. The molecule has 0 heterocycles. The molecule has 100 valence electrons. The number of carbonyl (C=O) groups is 1. The Hall–Kier alpha value is -1.55. The van der Waals surface area contributed by atoms with E-state index < -0.39 is 0 Å². The zero-order chi connectivity index (χ0) is 13.4. The van der Waals surface area contributed by atoms with Gasteiger partial charge < -0.3 is 14.2 Å². The van der Waals surface area contributed by atoms with Crippen molar-refractivity contribution < 1.29 is 19.0 Å². The molecule has 0 aliphatic carbocycles. The highest BCUT2D eigenvalue weighted by Crippen LogP contribution is 2.21. The molecule has 0 amide bonds. The molecule has 0 unspecified atom stereocenters. The zero-order valence-corrected chi connectivity index (χ0v) is 11.2. The van der Waals surface area contributed by atoms with Gasteiger partial charge in [-0.2, -0.15) is 0 Å². The summed E-state index contributed by atoms with van der Waals surface area (Å²) in [6, 6.07) is 5.89. The van der Waals surface area contributed by atoms with Crippen molar-refractivity contribution in [2.45, 2.75) is 26.7 Å². The maximum Gasteiger partial charge on any atom is 0.306 e. The van der Waals surface area contributed by atoms with E-state index in [0.29, 0.717) is 19.4 Å². The first-order valence-corrected chi connectivity index (χ1v) is 6.04. The van der Waals surface area contributed by atoms with Crippen LogP contribution in [0.3, 0.4) is 0 Å². The third-order valence-electron chi connectivity index (χ3n) is 2.45. The van der Waals surface area contributed by atoms with Crippen LogP contribution in [-0.2, 0) is 20.7 Å². The molecule has 1 aromatic rings.